The van der Waals surface area contributed by atoms with E-state index in [2.05, 4.69) is 10.4 Å². The van der Waals surface area contributed by atoms with Crippen LogP contribution in [0.4, 0.5) is 11.4 Å². The van der Waals surface area contributed by atoms with Crippen LogP contribution in [0.15, 0.2) is 29.3 Å². The van der Waals surface area contributed by atoms with Gasteiger partial charge in [0.15, 0.2) is 9.84 Å². The molecule has 140 valence electrons. The van der Waals surface area contributed by atoms with E-state index in [1.807, 2.05) is 0 Å². The van der Waals surface area contributed by atoms with Crippen molar-refractivity contribution in [3.8, 4) is 5.75 Å². The lowest BCUT2D eigenvalue weighted by Gasteiger charge is -2.10. The van der Waals surface area contributed by atoms with Gasteiger partial charge in [0.2, 0.25) is 5.91 Å². The van der Waals surface area contributed by atoms with Crippen molar-refractivity contribution in [1.29, 1.82) is 0 Å². The minimum absolute atomic E-state index is 0.00774. The average molecular weight is 382 g/mol. The van der Waals surface area contributed by atoms with E-state index in [4.69, 9.17) is 0 Å². The smallest absolute Gasteiger partial charge is 0.309 e. The van der Waals surface area contributed by atoms with Gasteiger partial charge in [-0.15, -0.1) is 0 Å². The summed E-state index contributed by atoms with van der Waals surface area (Å²) >= 11 is 0. The molecule has 2 N–H and O–H groups in total. The van der Waals surface area contributed by atoms with Crippen LogP contribution >= 0.6 is 0 Å². The van der Waals surface area contributed by atoms with E-state index < -0.39 is 20.7 Å². The number of sulfone groups is 1. The van der Waals surface area contributed by atoms with E-state index >= 15 is 0 Å². The van der Waals surface area contributed by atoms with E-state index in [-0.39, 0.29) is 40.7 Å². The topological polar surface area (TPSA) is 144 Å². The maximum atomic E-state index is 12.1. The summed E-state index contributed by atoms with van der Waals surface area (Å²) < 4.78 is 25.1. The van der Waals surface area contributed by atoms with E-state index in [9.17, 15) is 28.4 Å². The van der Waals surface area contributed by atoms with Gasteiger partial charge in [0, 0.05) is 6.42 Å². The van der Waals surface area contributed by atoms with Crippen LogP contribution in [0.2, 0.25) is 0 Å². The van der Waals surface area contributed by atoms with Crippen LogP contribution < -0.4 is 5.32 Å². The van der Waals surface area contributed by atoms with Crippen molar-refractivity contribution in [3.05, 3.63) is 40.2 Å². The normalized spacial score (nSPS) is 11.3. The fourth-order valence-corrected chi connectivity index (χ4v) is 3.14. The number of rotatable bonds is 7. The van der Waals surface area contributed by atoms with Crippen molar-refractivity contribution in [2.45, 2.75) is 31.7 Å². The molecule has 0 aliphatic heterocycles. The zero-order valence-electron chi connectivity index (χ0n) is 14.2. The third kappa shape index (κ3) is 4.17. The molecule has 0 bridgehead atoms. The number of carbonyl (C=O) groups excluding carboxylic acids is 1. The first kappa shape index (κ1) is 19.4. The summed E-state index contributed by atoms with van der Waals surface area (Å²) in [7, 11) is -3.48. The minimum Gasteiger partial charge on any atom is -0.506 e. The molecular formula is C15H18N4O6S. The molecule has 1 amide bonds. The molecule has 0 atom stereocenters. The first-order chi connectivity index (χ1) is 12.2. The number of aromatic hydroxyl groups is 1. The molecule has 1 heterocycles. The minimum atomic E-state index is -3.48. The van der Waals surface area contributed by atoms with E-state index in [0.717, 1.165) is 6.20 Å². The molecule has 2 rings (SSSR count). The Bertz CT molecular complexity index is 951. The monoisotopic (exact) mass is 382 g/mol. The van der Waals surface area contributed by atoms with Crippen molar-refractivity contribution in [1.82, 2.24) is 9.78 Å². The second-order valence-electron chi connectivity index (χ2n) is 5.48. The van der Waals surface area contributed by atoms with Gasteiger partial charge in [0.05, 0.1) is 27.8 Å². The zero-order valence-corrected chi connectivity index (χ0v) is 15.0. The van der Waals surface area contributed by atoms with Crippen LogP contribution in [0.3, 0.4) is 0 Å². The number of hydrogen-bond donors (Lipinski definition) is 2. The highest BCUT2D eigenvalue weighted by Crippen LogP contribution is 2.27. The summed E-state index contributed by atoms with van der Waals surface area (Å²) in [6.07, 6.45) is 1.04. The Hall–Kier alpha value is -2.95. The van der Waals surface area contributed by atoms with Crippen LogP contribution in [0, 0.1) is 17.0 Å². The highest BCUT2D eigenvalue weighted by Gasteiger charge is 2.18. The third-order valence-corrected chi connectivity index (χ3v) is 5.54. The Morgan fingerprint density at radius 3 is 2.69 bits per heavy atom. The Kier molecular flexibility index (Phi) is 5.60. The van der Waals surface area contributed by atoms with E-state index in [0.29, 0.717) is 5.69 Å². The van der Waals surface area contributed by atoms with Crippen molar-refractivity contribution in [2.75, 3.05) is 11.1 Å². The number of nitro groups is 1. The zero-order chi connectivity index (χ0) is 19.5. The molecule has 10 nitrogen and oxygen atoms in total. The predicted molar refractivity (Wildman–Crippen MR) is 92.7 cm³/mol. The fraction of sp³-hybridized carbons (Fsp3) is 0.333. The van der Waals surface area contributed by atoms with Gasteiger partial charge in [0.1, 0.15) is 17.6 Å². The molecule has 0 fully saturated rings. The molecule has 0 unspecified atom stereocenters. The number of anilines is 1. The second kappa shape index (κ2) is 7.52. The lowest BCUT2D eigenvalue weighted by atomic mass is 10.2. The first-order valence-electron chi connectivity index (χ1n) is 7.68. The van der Waals surface area contributed by atoms with Gasteiger partial charge in [-0.05, 0) is 25.1 Å². The Balaban J connectivity index is 2.09. The summed E-state index contributed by atoms with van der Waals surface area (Å²) in [5.41, 5.74) is 0.162. The molecule has 0 saturated heterocycles. The average Bonchev–Trinajstić information content (AvgIpc) is 2.95. The predicted octanol–water partition coefficient (Wildman–Crippen LogP) is 1.63. The number of phenolic OH excluding ortho intramolecular Hbond substituents is 1. The van der Waals surface area contributed by atoms with Gasteiger partial charge in [-0.3, -0.25) is 19.6 Å². The molecule has 0 saturated carbocycles. The summed E-state index contributed by atoms with van der Waals surface area (Å²) in [6, 6.07) is 3.64. The lowest BCUT2D eigenvalue weighted by Crippen LogP contribution is -2.16. The van der Waals surface area contributed by atoms with Crippen LogP contribution in [-0.2, 0) is 21.2 Å². The summed E-state index contributed by atoms with van der Waals surface area (Å²) in [4.78, 5) is 22.3. The van der Waals surface area contributed by atoms with Gasteiger partial charge < -0.3 is 10.4 Å². The summed E-state index contributed by atoms with van der Waals surface area (Å²) in [5.74, 6) is -0.870. The molecular weight excluding hydrogens is 364 g/mol. The molecule has 0 spiro atoms. The summed E-state index contributed by atoms with van der Waals surface area (Å²) in [6.45, 7) is 3.11. The standard InChI is InChI=1S/C15H18N4O6S/c1-3-26(24,25)11-4-5-14(20)12(8-11)17-15(21)6-7-18-10(2)13(9-16-18)19(22)23/h4-5,8-9,20H,3,6-7H2,1-2H3,(H,17,21). The number of aromatic nitrogens is 2. The molecule has 1 aromatic heterocycles. The molecule has 26 heavy (non-hydrogen) atoms. The number of nitrogens with one attached hydrogen (secondary N) is 1. The second-order valence-corrected chi connectivity index (χ2v) is 7.75. The fourth-order valence-electron chi connectivity index (χ4n) is 2.24. The largest absolute Gasteiger partial charge is 0.506 e. The molecule has 1 aromatic carbocycles. The number of benzene rings is 1. The van der Waals surface area contributed by atoms with Crippen molar-refractivity contribution in [3.63, 3.8) is 0 Å². The van der Waals surface area contributed by atoms with Gasteiger partial charge >= 0.3 is 5.69 Å². The summed E-state index contributed by atoms with van der Waals surface area (Å²) in [5, 5.41) is 26.9. The highest BCUT2D eigenvalue weighted by molar-refractivity contribution is 7.91. The van der Waals surface area contributed by atoms with E-state index in [1.54, 1.807) is 0 Å². The SMILES string of the molecule is CCS(=O)(=O)c1ccc(O)c(NC(=O)CCn2ncc([N+](=O)[O-])c2C)c1. The number of hydrogen-bond acceptors (Lipinski definition) is 7. The number of phenols is 1. The molecule has 0 aliphatic carbocycles. The Labute approximate surface area is 149 Å². The van der Waals surface area contributed by atoms with Gasteiger partial charge in [-0.1, -0.05) is 6.92 Å². The van der Waals surface area contributed by atoms with Crippen molar-refractivity contribution < 1.29 is 23.2 Å². The Morgan fingerprint density at radius 2 is 2.12 bits per heavy atom. The third-order valence-electron chi connectivity index (χ3n) is 3.81. The molecule has 2 aromatic rings. The van der Waals surface area contributed by atoms with Crippen molar-refractivity contribution >= 4 is 27.1 Å². The maximum Gasteiger partial charge on any atom is 0.309 e. The molecule has 11 heteroatoms. The number of amides is 1. The number of nitrogens with zero attached hydrogens (tertiary/aromatic N) is 3. The van der Waals surface area contributed by atoms with Crippen molar-refractivity contribution in [2.24, 2.45) is 0 Å². The van der Waals surface area contributed by atoms with Crippen LogP contribution in [-0.4, -0.2) is 39.9 Å². The first-order valence-corrected chi connectivity index (χ1v) is 9.33. The quantitative estimate of drug-likeness (QED) is 0.420. The number of carbonyl (C=O) groups is 1. The number of aryl methyl sites for hydroxylation is 1. The molecule has 0 radical (unpaired) electrons. The molecule has 0 aliphatic rings. The van der Waals surface area contributed by atoms with E-state index in [1.165, 1.54) is 36.7 Å². The van der Waals surface area contributed by atoms with Crippen LogP contribution in [0.25, 0.3) is 0 Å². The van der Waals surface area contributed by atoms with Gasteiger partial charge in [-0.2, -0.15) is 5.10 Å². The lowest BCUT2D eigenvalue weighted by molar-refractivity contribution is -0.385. The highest BCUT2D eigenvalue weighted by atomic mass is 32.2. The van der Waals surface area contributed by atoms with Gasteiger partial charge in [-0.25, -0.2) is 8.42 Å². The van der Waals surface area contributed by atoms with Gasteiger partial charge in [0.25, 0.3) is 0 Å². The van der Waals surface area contributed by atoms with Crippen LogP contribution in [0.5, 0.6) is 5.75 Å². The Morgan fingerprint density at radius 1 is 1.42 bits per heavy atom. The van der Waals surface area contributed by atoms with Crippen LogP contribution in [0.1, 0.15) is 19.0 Å². The maximum absolute atomic E-state index is 12.1.